The Morgan fingerprint density at radius 1 is 1.33 bits per heavy atom. The standard InChI is InChI=1S/C13H18N4O/c1-3-4-11(14-2)9-12-16-13(17-18-12)10-5-7-15-8-6-10/h5-8,11,14H,3-4,9H2,1-2H3. The van der Waals surface area contributed by atoms with Crippen LogP contribution in [0, 0.1) is 0 Å². The van der Waals surface area contributed by atoms with E-state index in [1.165, 1.54) is 0 Å². The van der Waals surface area contributed by atoms with Gasteiger partial charge in [0.25, 0.3) is 0 Å². The molecule has 0 spiro atoms. The monoisotopic (exact) mass is 246 g/mol. The van der Waals surface area contributed by atoms with Gasteiger partial charge in [-0.2, -0.15) is 4.98 Å². The fourth-order valence-corrected chi connectivity index (χ4v) is 1.86. The molecular formula is C13H18N4O. The normalized spacial score (nSPS) is 12.6. The van der Waals surface area contributed by atoms with Gasteiger partial charge in [0.2, 0.25) is 11.7 Å². The van der Waals surface area contributed by atoms with E-state index in [4.69, 9.17) is 4.52 Å². The van der Waals surface area contributed by atoms with E-state index in [0.717, 1.165) is 24.8 Å². The highest BCUT2D eigenvalue weighted by atomic mass is 16.5. The summed E-state index contributed by atoms with van der Waals surface area (Å²) in [6.07, 6.45) is 6.44. The van der Waals surface area contributed by atoms with Crippen molar-refractivity contribution in [3.63, 3.8) is 0 Å². The van der Waals surface area contributed by atoms with Gasteiger partial charge in [0, 0.05) is 30.4 Å². The van der Waals surface area contributed by atoms with Crippen LogP contribution in [0.2, 0.25) is 0 Å². The van der Waals surface area contributed by atoms with Gasteiger partial charge in [-0.15, -0.1) is 0 Å². The summed E-state index contributed by atoms with van der Waals surface area (Å²) in [7, 11) is 1.96. The lowest BCUT2D eigenvalue weighted by Crippen LogP contribution is -2.27. The summed E-state index contributed by atoms with van der Waals surface area (Å²) in [5.41, 5.74) is 0.927. The van der Waals surface area contributed by atoms with E-state index in [0.29, 0.717) is 17.8 Å². The molecule has 0 saturated heterocycles. The number of pyridine rings is 1. The topological polar surface area (TPSA) is 63.8 Å². The lowest BCUT2D eigenvalue weighted by molar-refractivity contribution is 0.356. The first kappa shape index (κ1) is 12.7. The third kappa shape index (κ3) is 3.13. The van der Waals surface area contributed by atoms with Crippen LogP contribution >= 0.6 is 0 Å². The summed E-state index contributed by atoms with van der Waals surface area (Å²) < 4.78 is 5.28. The molecule has 0 radical (unpaired) electrons. The average Bonchev–Trinajstić information content (AvgIpc) is 2.88. The summed E-state index contributed by atoms with van der Waals surface area (Å²) in [6.45, 7) is 2.17. The van der Waals surface area contributed by atoms with Gasteiger partial charge in [0.15, 0.2) is 0 Å². The predicted molar refractivity (Wildman–Crippen MR) is 69.0 cm³/mol. The van der Waals surface area contributed by atoms with Crippen molar-refractivity contribution in [1.82, 2.24) is 20.4 Å². The number of hydrogen-bond donors (Lipinski definition) is 1. The van der Waals surface area contributed by atoms with E-state index < -0.39 is 0 Å². The van der Waals surface area contributed by atoms with Gasteiger partial charge < -0.3 is 9.84 Å². The minimum absolute atomic E-state index is 0.390. The SMILES string of the molecule is CCCC(Cc1nc(-c2ccncc2)no1)NC. The van der Waals surface area contributed by atoms with Crippen molar-refractivity contribution < 1.29 is 4.52 Å². The first-order valence-corrected chi connectivity index (χ1v) is 6.23. The molecule has 0 aliphatic heterocycles. The molecule has 2 rings (SSSR count). The molecule has 5 nitrogen and oxygen atoms in total. The molecule has 5 heteroatoms. The average molecular weight is 246 g/mol. The molecule has 2 heterocycles. The van der Waals surface area contributed by atoms with Crippen LogP contribution in [0.4, 0.5) is 0 Å². The van der Waals surface area contributed by atoms with Crippen LogP contribution < -0.4 is 5.32 Å². The van der Waals surface area contributed by atoms with Gasteiger partial charge in [0.1, 0.15) is 0 Å². The minimum Gasteiger partial charge on any atom is -0.339 e. The molecule has 0 bridgehead atoms. The molecule has 2 aromatic rings. The van der Waals surface area contributed by atoms with Crippen LogP contribution in [0.3, 0.4) is 0 Å². The summed E-state index contributed by atoms with van der Waals surface area (Å²) in [4.78, 5) is 8.37. The Labute approximate surface area is 107 Å². The zero-order chi connectivity index (χ0) is 12.8. The van der Waals surface area contributed by atoms with Gasteiger partial charge in [-0.1, -0.05) is 18.5 Å². The second-order valence-electron chi connectivity index (χ2n) is 4.23. The van der Waals surface area contributed by atoms with Crippen molar-refractivity contribution in [3.8, 4) is 11.4 Å². The van der Waals surface area contributed by atoms with Gasteiger partial charge in [-0.25, -0.2) is 0 Å². The van der Waals surface area contributed by atoms with E-state index in [1.807, 2.05) is 19.2 Å². The molecule has 1 atom stereocenters. The molecule has 1 unspecified atom stereocenters. The van der Waals surface area contributed by atoms with Crippen LogP contribution in [0.25, 0.3) is 11.4 Å². The Bertz CT molecular complexity index is 469. The zero-order valence-electron chi connectivity index (χ0n) is 10.8. The Morgan fingerprint density at radius 2 is 2.11 bits per heavy atom. The van der Waals surface area contributed by atoms with Crippen LogP contribution in [0.1, 0.15) is 25.7 Å². The number of nitrogens with zero attached hydrogens (tertiary/aromatic N) is 3. The predicted octanol–water partition coefficient (Wildman–Crippen LogP) is 2.06. The molecule has 0 saturated carbocycles. The number of hydrogen-bond acceptors (Lipinski definition) is 5. The quantitative estimate of drug-likeness (QED) is 0.845. The lowest BCUT2D eigenvalue weighted by Gasteiger charge is -2.11. The minimum atomic E-state index is 0.390. The molecule has 0 aromatic carbocycles. The van der Waals surface area contributed by atoms with Gasteiger partial charge >= 0.3 is 0 Å². The van der Waals surface area contributed by atoms with E-state index in [9.17, 15) is 0 Å². The number of aromatic nitrogens is 3. The van der Waals surface area contributed by atoms with Crippen LogP contribution in [-0.2, 0) is 6.42 Å². The second-order valence-corrected chi connectivity index (χ2v) is 4.23. The van der Waals surface area contributed by atoms with Crippen LogP contribution in [0.15, 0.2) is 29.0 Å². The maximum absolute atomic E-state index is 5.28. The highest BCUT2D eigenvalue weighted by Gasteiger charge is 2.13. The molecule has 0 aliphatic rings. The number of rotatable bonds is 6. The molecule has 18 heavy (non-hydrogen) atoms. The van der Waals surface area contributed by atoms with Crippen LogP contribution in [-0.4, -0.2) is 28.2 Å². The van der Waals surface area contributed by atoms with Crippen molar-refractivity contribution in [2.75, 3.05) is 7.05 Å². The fourth-order valence-electron chi connectivity index (χ4n) is 1.86. The maximum atomic E-state index is 5.28. The summed E-state index contributed by atoms with van der Waals surface area (Å²) in [5.74, 6) is 1.30. The Kier molecular flexibility index (Phi) is 4.41. The highest BCUT2D eigenvalue weighted by Crippen LogP contribution is 2.15. The number of nitrogens with one attached hydrogen (secondary N) is 1. The Balaban J connectivity index is 2.06. The molecular weight excluding hydrogens is 228 g/mol. The Morgan fingerprint density at radius 3 is 2.78 bits per heavy atom. The van der Waals surface area contributed by atoms with Gasteiger partial charge in [0.05, 0.1) is 0 Å². The van der Waals surface area contributed by atoms with Crippen LogP contribution in [0.5, 0.6) is 0 Å². The van der Waals surface area contributed by atoms with Crippen molar-refractivity contribution in [1.29, 1.82) is 0 Å². The van der Waals surface area contributed by atoms with Crippen molar-refractivity contribution in [2.45, 2.75) is 32.2 Å². The third-order valence-corrected chi connectivity index (χ3v) is 2.87. The van der Waals surface area contributed by atoms with E-state index >= 15 is 0 Å². The molecule has 1 N–H and O–H groups in total. The summed E-state index contributed by atoms with van der Waals surface area (Å²) >= 11 is 0. The van der Waals surface area contributed by atoms with Gasteiger partial charge in [-0.05, 0) is 25.6 Å². The molecule has 0 aliphatic carbocycles. The lowest BCUT2D eigenvalue weighted by atomic mass is 10.1. The highest BCUT2D eigenvalue weighted by molar-refractivity contribution is 5.52. The Hall–Kier alpha value is -1.75. The fraction of sp³-hybridized carbons (Fsp3) is 0.462. The van der Waals surface area contributed by atoms with Gasteiger partial charge in [-0.3, -0.25) is 4.98 Å². The smallest absolute Gasteiger partial charge is 0.228 e. The molecule has 2 aromatic heterocycles. The first-order valence-electron chi connectivity index (χ1n) is 6.23. The zero-order valence-corrected chi connectivity index (χ0v) is 10.8. The summed E-state index contributed by atoms with van der Waals surface area (Å²) in [5, 5.41) is 7.25. The molecule has 0 fully saturated rings. The van der Waals surface area contributed by atoms with Crippen molar-refractivity contribution in [2.24, 2.45) is 0 Å². The van der Waals surface area contributed by atoms with Crippen molar-refractivity contribution >= 4 is 0 Å². The summed E-state index contributed by atoms with van der Waals surface area (Å²) in [6, 6.07) is 4.13. The molecule has 96 valence electrons. The second kappa shape index (κ2) is 6.26. The molecule has 0 amide bonds. The number of likely N-dealkylation sites (N-methyl/N-ethyl adjacent to an activating group) is 1. The van der Waals surface area contributed by atoms with E-state index in [1.54, 1.807) is 12.4 Å². The van der Waals surface area contributed by atoms with E-state index in [2.05, 4.69) is 27.4 Å². The third-order valence-electron chi connectivity index (χ3n) is 2.87. The maximum Gasteiger partial charge on any atom is 0.228 e. The first-order chi connectivity index (χ1) is 8.83. The van der Waals surface area contributed by atoms with E-state index in [-0.39, 0.29) is 0 Å². The largest absolute Gasteiger partial charge is 0.339 e. The van der Waals surface area contributed by atoms with Crippen molar-refractivity contribution in [3.05, 3.63) is 30.4 Å².